The van der Waals surface area contributed by atoms with Crippen LogP contribution in [0.15, 0.2) is 72.6 Å². The van der Waals surface area contributed by atoms with Crippen LogP contribution in [0.2, 0.25) is 0 Å². The minimum absolute atomic E-state index is 0.00509. The van der Waals surface area contributed by atoms with Gasteiger partial charge in [0.2, 0.25) is 0 Å². The van der Waals surface area contributed by atoms with Gasteiger partial charge in [-0.2, -0.15) is 0 Å². The number of halogens is 2. The van der Waals surface area contributed by atoms with E-state index in [9.17, 15) is 23.5 Å². The molecule has 1 fully saturated rings. The smallest absolute Gasteiger partial charge is 0.295 e. The van der Waals surface area contributed by atoms with Gasteiger partial charge in [0.15, 0.2) is 0 Å². The van der Waals surface area contributed by atoms with Crippen LogP contribution in [-0.4, -0.2) is 26.7 Å². The lowest BCUT2D eigenvalue weighted by Crippen LogP contribution is -2.29. The van der Waals surface area contributed by atoms with Crippen molar-refractivity contribution >= 4 is 17.4 Å². The van der Waals surface area contributed by atoms with Gasteiger partial charge < -0.3 is 10.0 Å². The van der Waals surface area contributed by atoms with Crippen molar-refractivity contribution in [2.24, 2.45) is 0 Å². The fourth-order valence-electron chi connectivity index (χ4n) is 3.64. The van der Waals surface area contributed by atoms with Gasteiger partial charge in [-0.05, 0) is 42.3 Å². The second-order valence-electron chi connectivity index (χ2n) is 7.27. The van der Waals surface area contributed by atoms with E-state index in [-0.39, 0.29) is 23.2 Å². The number of ketones is 1. The summed E-state index contributed by atoms with van der Waals surface area (Å²) in [5.41, 5.74) is 0.851. The Hall–Kier alpha value is -3.87. The quantitative estimate of drug-likeness (QED) is 0.388. The number of rotatable bonds is 4. The number of benzene rings is 2. The molecule has 0 radical (unpaired) electrons. The summed E-state index contributed by atoms with van der Waals surface area (Å²) < 4.78 is 28.8. The van der Waals surface area contributed by atoms with Gasteiger partial charge in [-0.3, -0.25) is 14.6 Å². The van der Waals surface area contributed by atoms with Gasteiger partial charge in [0.05, 0.1) is 11.6 Å². The molecule has 3 aromatic rings. The van der Waals surface area contributed by atoms with Crippen molar-refractivity contribution in [3.8, 4) is 0 Å². The molecule has 1 amide bonds. The molecule has 2 heterocycles. The summed E-state index contributed by atoms with van der Waals surface area (Å²) in [5, 5.41) is 10.9. The highest BCUT2D eigenvalue weighted by molar-refractivity contribution is 6.46. The highest BCUT2D eigenvalue weighted by atomic mass is 19.1. The van der Waals surface area contributed by atoms with E-state index in [0.717, 1.165) is 6.07 Å². The van der Waals surface area contributed by atoms with Crippen molar-refractivity contribution < 1.29 is 23.5 Å². The number of nitrogens with zero attached hydrogens (tertiary/aromatic N) is 2. The van der Waals surface area contributed by atoms with Crippen molar-refractivity contribution in [3.63, 3.8) is 0 Å². The Labute approximate surface area is 177 Å². The van der Waals surface area contributed by atoms with Gasteiger partial charge >= 0.3 is 0 Å². The second kappa shape index (κ2) is 8.10. The molecule has 1 aromatic heterocycles. The maximum atomic E-state index is 14.7. The van der Waals surface area contributed by atoms with E-state index in [1.54, 1.807) is 37.5 Å². The number of aryl methyl sites for hydroxylation is 1. The zero-order valence-corrected chi connectivity index (χ0v) is 16.5. The molecule has 0 bridgehead atoms. The normalized spacial score (nSPS) is 17.9. The first-order valence-corrected chi connectivity index (χ1v) is 9.56. The number of aliphatic hydroxyl groups is 1. The first-order chi connectivity index (χ1) is 14.9. The Balaban J connectivity index is 1.90. The molecular formula is C24H18F2N2O3. The van der Waals surface area contributed by atoms with Gasteiger partial charge in [-0.15, -0.1) is 0 Å². The van der Waals surface area contributed by atoms with Crippen LogP contribution in [0.3, 0.4) is 0 Å². The molecule has 2 aromatic carbocycles. The Bertz CT molecular complexity index is 1210. The van der Waals surface area contributed by atoms with Crippen molar-refractivity contribution in [1.82, 2.24) is 9.88 Å². The lowest BCUT2D eigenvalue weighted by atomic mass is 9.94. The molecular weight excluding hydrogens is 402 g/mol. The molecule has 1 N–H and O–H groups in total. The highest BCUT2D eigenvalue weighted by Crippen LogP contribution is 2.41. The number of carbonyl (C=O) groups excluding carboxylic acids is 2. The van der Waals surface area contributed by atoms with Crippen LogP contribution in [-0.2, 0) is 16.1 Å². The van der Waals surface area contributed by atoms with Crippen LogP contribution in [0, 0.1) is 18.6 Å². The lowest BCUT2D eigenvalue weighted by molar-refractivity contribution is -0.140. The van der Waals surface area contributed by atoms with E-state index in [1.165, 1.54) is 35.2 Å². The molecule has 0 saturated carbocycles. The van der Waals surface area contributed by atoms with Gasteiger partial charge in [-0.25, -0.2) is 8.78 Å². The SMILES string of the molecule is Cc1ccc(C(O)=C2C(=O)C(=O)N(Cc3ccncc3)[C@@H]2c2ccccc2F)cc1F. The fourth-order valence-corrected chi connectivity index (χ4v) is 3.64. The molecule has 31 heavy (non-hydrogen) atoms. The molecule has 1 aliphatic heterocycles. The van der Waals surface area contributed by atoms with Crippen molar-refractivity contribution in [1.29, 1.82) is 0 Å². The van der Waals surface area contributed by atoms with Crippen LogP contribution >= 0.6 is 0 Å². The average Bonchev–Trinajstić information content (AvgIpc) is 3.01. The largest absolute Gasteiger partial charge is 0.507 e. The molecule has 0 aliphatic carbocycles. The summed E-state index contributed by atoms with van der Waals surface area (Å²) in [6, 6.07) is 11.9. The minimum atomic E-state index is -1.17. The molecule has 1 aliphatic rings. The Kier molecular flexibility index (Phi) is 5.33. The average molecular weight is 420 g/mol. The maximum absolute atomic E-state index is 14.7. The molecule has 0 spiro atoms. The number of Topliss-reactive ketones (excluding diaryl/α,β-unsaturated/α-hetero) is 1. The van der Waals surface area contributed by atoms with Gasteiger partial charge in [-0.1, -0.05) is 30.3 Å². The Morgan fingerprint density at radius 3 is 2.42 bits per heavy atom. The zero-order chi connectivity index (χ0) is 22.1. The maximum Gasteiger partial charge on any atom is 0.295 e. The van der Waals surface area contributed by atoms with Crippen molar-refractivity contribution in [2.45, 2.75) is 19.5 Å². The zero-order valence-electron chi connectivity index (χ0n) is 16.5. The third-order valence-corrected chi connectivity index (χ3v) is 5.29. The molecule has 5 nitrogen and oxygen atoms in total. The number of likely N-dealkylation sites (tertiary alicyclic amines) is 1. The summed E-state index contributed by atoms with van der Waals surface area (Å²) in [4.78, 5) is 30.9. The number of pyridine rings is 1. The fraction of sp³-hybridized carbons (Fsp3) is 0.125. The van der Waals surface area contributed by atoms with Gasteiger partial charge in [0.1, 0.15) is 17.4 Å². The highest BCUT2D eigenvalue weighted by Gasteiger charge is 2.46. The monoisotopic (exact) mass is 420 g/mol. The van der Waals surface area contributed by atoms with Crippen molar-refractivity contribution in [3.05, 3.63) is 106 Å². The second-order valence-corrected chi connectivity index (χ2v) is 7.27. The number of carbonyl (C=O) groups is 2. The van der Waals surface area contributed by atoms with Crippen LogP contribution in [0.5, 0.6) is 0 Å². The van der Waals surface area contributed by atoms with Crippen molar-refractivity contribution in [2.75, 3.05) is 0 Å². The summed E-state index contributed by atoms with van der Waals surface area (Å²) in [6.07, 6.45) is 3.08. The number of hydrogen-bond acceptors (Lipinski definition) is 4. The molecule has 7 heteroatoms. The van der Waals surface area contributed by atoms with Gasteiger partial charge in [0, 0.05) is 30.1 Å². The third-order valence-electron chi connectivity index (χ3n) is 5.29. The van der Waals surface area contributed by atoms with E-state index in [2.05, 4.69) is 4.98 Å². The van der Waals surface area contributed by atoms with Crippen LogP contribution < -0.4 is 0 Å². The van der Waals surface area contributed by atoms with E-state index in [1.807, 2.05) is 0 Å². The first kappa shape index (κ1) is 20.4. The van der Waals surface area contributed by atoms with Crippen LogP contribution in [0.4, 0.5) is 8.78 Å². The number of aromatic nitrogens is 1. The summed E-state index contributed by atoms with van der Waals surface area (Å²) >= 11 is 0. The lowest BCUT2D eigenvalue weighted by Gasteiger charge is -2.25. The van der Waals surface area contributed by atoms with Gasteiger partial charge in [0.25, 0.3) is 11.7 Å². The predicted octanol–water partition coefficient (Wildman–Crippen LogP) is 4.29. The molecule has 156 valence electrons. The summed E-state index contributed by atoms with van der Waals surface area (Å²) in [5.74, 6) is -3.59. The number of aliphatic hydroxyl groups excluding tert-OH is 1. The van der Waals surface area contributed by atoms with E-state index < -0.39 is 35.1 Å². The van der Waals surface area contributed by atoms with E-state index >= 15 is 0 Å². The molecule has 1 saturated heterocycles. The molecule has 4 rings (SSSR count). The Morgan fingerprint density at radius 2 is 1.74 bits per heavy atom. The first-order valence-electron chi connectivity index (χ1n) is 9.56. The van der Waals surface area contributed by atoms with E-state index in [4.69, 9.17) is 0 Å². The van der Waals surface area contributed by atoms with Crippen LogP contribution in [0.1, 0.15) is 28.3 Å². The minimum Gasteiger partial charge on any atom is -0.507 e. The number of amides is 1. The van der Waals surface area contributed by atoms with Crippen LogP contribution in [0.25, 0.3) is 5.76 Å². The topological polar surface area (TPSA) is 70.5 Å². The third kappa shape index (κ3) is 3.70. The van der Waals surface area contributed by atoms with E-state index in [0.29, 0.717) is 11.1 Å². The number of hydrogen-bond donors (Lipinski definition) is 1. The predicted molar refractivity (Wildman–Crippen MR) is 110 cm³/mol. The standard InChI is InChI=1S/C24H18F2N2O3/c1-14-6-7-16(12-19(14)26)22(29)20-21(17-4-2-3-5-18(17)25)28(24(31)23(20)30)13-15-8-10-27-11-9-15/h2-12,21,29H,13H2,1H3/t21-/m1/s1. The molecule has 1 atom stereocenters. The summed E-state index contributed by atoms with van der Waals surface area (Å²) in [7, 11) is 0. The Morgan fingerprint density at radius 1 is 1.03 bits per heavy atom. The molecule has 0 unspecified atom stereocenters. The summed E-state index contributed by atoms with van der Waals surface area (Å²) in [6.45, 7) is 1.57.